The van der Waals surface area contributed by atoms with Crippen molar-refractivity contribution in [1.29, 1.82) is 0 Å². The van der Waals surface area contributed by atoms with Crippen LogP contribution < -0.4 is 10.6 Å². The predicted octanol–water partition coefficient (Wildman–Crippen LogP) is 2.75. The number of ketones is 1. The molecule has 3 aliphatic rings. The lowest BCUT2D eigenvalue weighted by Crippen LogP contribution is -3.04. The number of unbranched alkanes of at least 4 members (excludes halogenated alkanes) is 1. The molecule has 3 nitrogen and oxygen atoms in total. The first-order valence-electron chi connectivity index (χ1n) is 10.4. The van der Waals surface area contributed by atoms with Crippen molar-refractivity contribution in [1.82, 2.24) is 5.32 Å². The first-order chi connectivity index (χ1) is 11.3. The Balaban J connectivity index is 1.85. The molecule has 2 saturated carbocycles. The molecule has 0 aromatic carbocycles. The number of Topliss-reactive ketones (excluding diaryl/α,β-unsaturated/α-hetero) is 1. The van der Waals surface area contributed by atoms with Crippen LogP contribution in [0, 0.1) is 29.1 Å². The lowest BCUT2D eigenvalue weighted by molar-refractivity contribution is -0.753. The molecule has 0 aromatic rings. The number of hydrogen-bond acceptors (Lipinski definition) is 2. The highest BCUT2D eigenvalue weighted by Crippen LogP contribution is 2.44. The van der Waals surface area contributed by atoms with E-state index in [0.29, 0.717) is 29.8 Å². The number of nitrogens with two attached hydrogens (primary N) is 1. The van der Waals surface area contributed by atoms with Crippen LogP contribution in [0.15, 0.2) is 0 Å². The topological polar surface area (TPSA) is 45.7 Å². The standard InChI is InChI=1S/C21H38N2O/c1-6-7-8-22-20-15-10-13(2)9-14(3)19(15)23-16-11-21(4,5)12-17(24)18(16)20/h13-16,18-20,22-23H,6-12H2,1-5H3/p+1. The summed E-state index contributed by atoms with van der Waals surface area (Å²) in [6, 6.07) is 1.63. The van der Waals surface area contributed by atoms with Crippen LogP contribution in [-0.4, -0.2) is 30.5 Å². The van der Waals surface area contributed by atoms with E-state index in [4.69, 9.17) is 0 Å². The highest BCUT2D eigenvalue weighted by Gasteiger charge is 2.56. The summed E-state index contributed by atoms with van der Waals surface area (Å²) in [4.78, 5) is 13.1. The van der Waals surface area contributed by atoms with E-state index >= 15 is 0 Å². The average molecular weight is 336 g/mol. The summed E-state index contributed by atoms with van der Waals surface area (Å²) < 4.78 is 0. The van der Waals surface area contributed by atoms with Crippen molar-refractivity contribution in [2.45, 2.75) is 91.3 Å². The van der Waals surface area contributed by atoms with Crippen molar-refractivity contribution < 1.29 is 10.1 Å². The van der Waals surface area contributed by atoms with Crippen molar-refractivity contribution in [2.75, 3.05) is 6.54 Å². The van der Waals surface area contributed by atoms with Crippen LogP contribution in [0.3, 0.4) is 0 Å². The smallest absolute Gasteiger partial charge is 0.144 e. The van der Waals surface area contributed by atoms with E-state index in [1.54, 1.807) is 0 Å². The molecule has 1 heterocycles. The highest BCUT2D eigenvalue weighted by molar-refractivity contribution is 5.84. The largest absolute Gasteiger partial charge is 0.340 e. The number of piperidine rings is 1. The van der Waals surface area contributed by atoms with E-state index in [1.807, 2.05) is 0 Å². The molecular weight excluding hydrogens is 296 g/mol. The Labute approximate surface area is 148 Å². The van der Waals surface area contributed by atoms with Gasteiger partial charge in [0.2, 0.25) is 0 Å². The maximum Gasteiger partial charge on any atom is 0.144 e. The molecule has 3 rings (SSSR count). The van der Waals surface area contributed by atoms with Crippen molar-refractivity contribution in [3.05, 3.63) is 0 Å². The zero-order valence-corrected chi connectivity index (χ0v) is 16.5. The first-order valence-corrected chi connectivity index (χ1v) is 10.4. The second-order valence-corrected chi connectivity index (χ2v) is 10.0. The van der Waals surface area contributed by atoms with Crippen LogP contribution in [0.1, 0.15) is 73.1 Å². The fraction of sp³-hybridized carbons (Fsp3) is 0.952. The second-order valence-electron chi connectivity index (χ2n) is 10.0. The number of rotatable bonds is 4. The van der Waals surface area contributed by atoms with Gasteiger partial charge in [-0.2, -0.15) is 0 Å². The van der Waals surface area contributed by atoms with Crippen LogP contribution in [0.2, 0.25) is 0 Å². The first kappa shape index (κ1) is 18.4. The molecule has 3 heteroatoms. The zero-order chi connectivity index (χ0) is 17.5. The summed E-state index contributed by atoms with van der Waals surface area (Å²) in [6.07, 6.45) is 7.07. The Hall–Kier alpha value is -0.410. The minimum absolute atomic E-state index is 0.181. The maximum absolute atomic E-state index is 13.1. The summed E-state index contributed by atoms with van der Waals surface area (Å²) in [5.41, 5.74) is 0.181. The molecule has 1 saturated heterocycles. The number of quaternary nitrogens is 1. The van der Waals surface area contributed by atoms with E-state index in [9.17, 15) is 4.79 Å². The third-order valence-corrected chi connectivity index (χ3v) is 7.10. The molecule has 138 valence electrons. The number of hydrogen-bond donors (Lipinski definition) is 2. The molecule has 0 bridgehead atoms. The van der Waals surface area contributed by atoms with Gasteiger partial charge in [-0.3, -0.25) is 4.79 Å². The molecule has 0 amide bonds. The maximum atomic E-state index is 13.1. The monoisotopic (exact) mass is 335 g/mol. The van der Waals surface area contributed by atoms with Gasteiger partial charge in [-0.05, 0) is 37.1 Å². The van der Waals surface area contributed by atoms with Gasteiger partial charge in [0.15, 0.2) is 0 Å². The van der Waals surface area contributed by atoms with Gasteiger partial charge in [0.05, 0.1) is 18.0 Å². The van der Waals surface area contributed by atoms with E-state index in [0.717, 1.165) is 24.8 Å². The molecule has 24 heavy (non-hydrogen) atoms. The molecule has 3 fully saturated rings. The van der Waals surface area contributed by atoms with Gasteiger partial charge in [-0.15, -0.1) is 0 Å². The second kappa shape index (κ2) is 7.07. The van der Waals surface area contributed by atoms with E-state index in [-0.39, 0.29) is 11.3 Å². The van der Waals surface area contributed by atoms with Crippen LogP contribution >= 0.6 is 0 Å². The number of fused-ring (bicyclic) bond motifs is 2. The van der Waals surface area contributed by atoms with Gasteiger partial charge < -0.3 is 10.6 Å². The quantitative estimate of drug-likeness (QED) is 0.776. The average Bonchev–Trinajstić information content (AvgIpc) is 2.46. The summed E-state index contributed by atoms with van der Waals surface area (Å²) in [7, 11) is 0. The third-order valence-electron chi connectivity index (χ3n) is 7.10. The molecule has 0 spiro atoms. The number of carbonyl (C=O) groups excluding carboxylic acids is 1. The van der Waals surface area contributed by atoms with Crippen LogP contribution in [-0.2, 0) is 4.79 Å². The van der Waals surface area contributed by atoms with Crippen LogP contribution in [0.25, 0.3) is 0 Å². The van der Waals surface area contributed by atoms with Gasteiger partial charge in [-0.1, -0.05) is 41.0 Å². The molecule has 3 N–H and O–H groups in total. The van der Waals surface area contributed by atoms with Crippen molar-refractivity contribution >= 4 is 5.78 Å². The Morgan fingerprint density at radius 2 is 2.00 bits per heavy atom. The zero-order valence-electron chi connectivity index (χ0n) is 16.5. The van der Waals surface area contributed by atoms with E-state index < -0.39 is 0 Å². The van der Waals surface area contributed by atoms with Crippen molar-refractivity contribution in [2.24, 2.45) is 29.1 Å². The molecule has 0 radical (unpaired) electrons. The summed E-state index contributed by atoms with van der Waals surface area (Å²) in [5, 5.41) is 6.52. The Morgan fingerprint density at radius 1 is 1.25 bits per heavy atom. The molecular formula is C21H39N2O+. The van der Waals surface area contributed by atoms with E-state index in [1.165, 1.54) is 32.1 Å². The van der Waals surface area contributed by atoms with E-state index in [2.05, 4.69) is 45.3 Å². The molecule has 0 aromatic heterocycles. The molecule has 7 atom stereocenters. The fourth-order valence-electron chi connectivity index (χ4n) is 6.25. The van der Waals surface area contributed by atoms with Gasteiger partial charge in [0.25, 0.3) is 0 Å². The lowest BCUT2D eigenvalue weighted by Gasteiger charge is -2.53. The normalized spacial score (nSPS) is 44.7. The number of carbonyl (C=O) groups is 1. The SMILES string of the molecule is CCCCNC1C2CC(C)CC(C)C2[NH2+]C2CC(C)(C)CC(=O)C21. The minimum atomic E-state index is 0.181. The highest BCUT2D eigenvalue weighted by atomic mass is 16.1. The Morgan fingerprint density at radius 3 is 2.71 bits per heavy atom. The molecule has 7 unspecified atom stereocenters. The van der Waals surface area contributed by atoms with Gasteiger partial charge in [0, 0.05) is 30.7 Å². The van der Waals surface area contributed by atoms with Crippen LogP contribution in [0.5, 0.6) is 0 Å². The lowest BCUT2D eigenvalue weighted by atomic mass is 9.58. The van der Waals surface area contributed by atoms with Gasteiger partial charge in [-0.25, -0.2) is 0 Å². The third kappa shape index (κ3) is 3.58. The summed E-state index contributed by atoms with van der Waals surface area (Å²) in [5.74, 6) is 3.03. The van der Waals surface area contributed by atoms with Crippen molar-refractivity contribution in [3.63, 3.8) is 0 Å². The Bertz CT molecular complexity index is 461. The van der Waals surface area contributed by atoms with Gasteiger partial charge >= 0.3 is 0 Å². The van der Waals surface area contributed by atoms with Gasteiger partial charge in [0.1, 0.15) is 5.78 Å². The summed E-state index contributed by atoms with van der Waals surface area (Å²) in [6.45, 7) is 12.8. The van der Waals surface area contributed by atoms with Crippen molar-refractivity contribution in [3.8, 4) is 0 Å². The molecule has 2 aliphatic carbocycles. The fourth-order valence-corrected chi connectivity index (χ4v) is 6.25. The predicted molar refractivity (Wildman–Crippen MR) is 98.8 cm³/mol. The molecule has 1 aliphatic heterocycles. The van der Waals surface area contributed by atoms with Crippen LogP contribution in [0.4, 0.5) is 0 Å². The Kier molecular flexibility index (Phi) is 5.42. The minimum Gasteiger partial charge on any atom is -0.340 e. The number of nitrogens with one attached hydrogen (secondary N) is 1. The summed E-state index contributed by atoms with van der Waals surface area (Å²) >= 11 is 0.